The molecule has 0 heterocycles. The van der Waals surface area contributed by atoms with Gasteiger partial charge in [-0.15, -0.1) is 0 Å². The summed E-state index contributed by atoms with van der Waals surface area (Å²) in [6.07, 6.45) is 4.03. The van der Waals surface area contributed by atoms with Crippen molar-refractivity contribution in [3.8, 4) is 5.75 Å². The molecule has 3 aliphatic carbocycles. The molecule has 2 N–H and O–H groups in total. The van der Waals surface area contributed by atoms with Crippen LogP contribution in [0.2, 0.25) is 5.02 Å². The Balaban J connectivity index is 1.34. The van der Waals surface area contributed by atoms with Crippen molar-refractivity contribution in [2.24, 2.45) is 5.92 Å². The summed E-state index contributed by atoms with van der Waals surface area (Å²) in [4.78, 5) is 25.3. The molecule has 5 rings (SSSR count). The highest BCUT2D eigenvalue weighted by Crippen LogP contribution is 2.50. The quantitative estimate of drug-likeness (QED) is 0.689. The number of halogens is 2. The van der Waals surface area contributed by atoms with Crippen LogP contribution in [0, 0.1) is 11.7 Å². The summed E-state index contributed by atoms with van der Waals surface area (Å²) in [5.41, 5.74) is 0.136. The van der Waals surface area contributed by atoms with Gasteiger partial charge in [0.05, 0.1) is 5.02 Å². The number of carbonyl (C=O) groups is 2. The van der Waals surface area contributed by atoms with Crippen molar-refractivity contribution in [1.29, 1.82) is 0 Å². The predicted molar refractivity (Wildman–Crippen MR) is 117 cm³/mol. The van der Waals surface area contributed by atoms with Crippen LogP contribution >= 0.6 is 11.6 Å². The van der Waals surface area contributed by atoms with Gasteiger partial charge < -0.3 is 15.4 Å². The zero-order valence-electron chi connectivity index (χ0n) is 17.4. The average Bonchev–Trinajstić information content (AvgIpc) is 2.76. The highest BCUT2D eigenvalue weighted by atomic mass is 35.5. The Bertz CT molecular complexity index is 974. The van der Waals surface area contributed by atoms with Crippen LogP contribution in [-0.4, -0.2) is 29.5 Å². The van der Waals surface area contributed by atoms with Gasteiger partial charge in [0.1, 0.15) is 11.6 Å². The van der Waals surface area contributed by atoms with Gasteiger partial charge in [0.25, 0.3) is 11.8 Å². The van der Waals surface area contributed by atoms with Crippen molar-refractivity contribution in [3.05, 3.63) is 64.9 Å². The maximum Gasteiger partial charge on any atom is 0.258 e. The molecule has 1 atom stereocenters. The zero-order chi connectivity index (χ0) is 22.1. The van der Waals surface area contributed by atoms with Gasteiger partial charge in [-0.25, -0.2) is 4.39 Å². The topological polar surface area (TPSA) is 67.4 Å². The van der Waals surface area contributed by atoms with E-state index < -0.39 is 5.82 Å². The molecular formula is C24H26ClFN2O3. The number of hydrogen-bond donors (Lipinski definition) is 2. The van der Waals surface area contributed by atoms with Gasteiger partial charge in [-0.1, -0.05) is 36.7 Å². The first-order valence-electron chi connectivity index (χ1n) is 10.6. The standard InChI is InChI=1S/C24H26ClFN2O3/c1-16-14-23(27-21(29)15-31-18-7-8-19(25)20(26)13-18)9-11-24(16,12-10-23)28-22(30)17-5-3-2-4-6-17/h2-8,13,16H,9-12,14-15H2,1H3,(H,27,29)(H,28,30)/t16-,23?,24?/m0/s1. The molecule has 0 saturated heterocycles. The van der Waals surface area contributed by atoms with E-state index in [1.165, 1.54) is 18.2 Å². The molecular weight excluding hydrogens is 419 g/mol. The second kappa shape index (κ2) is 8.50. The lowest BCUT2D eigenvalue weighted by molar-refractivity contribution is -0.127. The number of nitrogens with one attached hydrogen (secondary N) is 2. The van der Waals surface area contributed by atoms with Crippen molar-refractivity contribution in [2.45, 2.75) is 50.1 Å². The fraction of sp³-hybridized carbons (Fsp3) is 0.417. The lowest BCUT2D eigenvalue weighted by Gasteiger charge is -2.57. The van der Waals surface area contributed by atoms with E-state index >= 15 is 0 Å². The summed E-state index contributed by atoms with van der Waals surface area (Å²) in [6.45, 7) is 1.95. The molecule has 7 heteroatoms. The minimum atomic E-state index is -0.583. The van der Waals surface area contributed by atoms with E-state index in [4.69, 9.17) is 16.3 Å². The van der Waals surface area contributed by atoms with Gasteiger partial charge in [-0.05, 0) is 62.3 Å². The van der Waals surface area contributed by atoms with Gasteiger partial charge in [-0.2, -0.15) is 0 Å². The average molecular weight is 445 g/mol. The molecule has 164 valence electrons. The molecule has 2 bridgehead atoms. The summed E-state index contributed by atoms with van der Waals surface area (Å²) in [7, 11) is 0. The van der Waals surface area contributed by atoms with Crippen LogP contribution in [0.1, 0.15) is 49.4 Å². The summed E-state index contributed by atoms with van der Waals surface area (Å²) in [5, 5.41) is 6.45. The molecule has 2 aromatic rings. The number of amides is 2. The van der Waals surface area contributed by atoms with Crippen LogP contribution in [0.5, 0.6) is 5.75 Å². The van der Waals surface area contributed by atoms with Crippen molar-refractivity contribution in [2.75, 3.05) is 6.61 Å². The Labute approximate surface area is 186 Å². The van der Waals surface area contributed by atoms with E-state index in [0.29, 0.717) is 5.56 Å². The smallest absolute Gasteiger partial charge is 0.258 e. The van der Waals surface area contributed by atoms with Gasteiger partial charge in [-0.3, -0.25) is 9.59 Å². The second-order valence-corrected chi connectivity index (χ2v) is 9.18. The molecule has 3 saturated carbocycles. The highest BCUT2D eigenvalue weighted by molar-refractivity contribution is 6.30. The number of rotatable bonds is 6. The minimum Gasteiger partial charge on any atom is -0.484 e. The molecule has 0 unspecified atom stereocenters. The van der Waals surface area contributed by atoms with Crippen LogP contribution in [0.15, 0.2) is 48.5 Å². The minimum absolute atomic E-state index is 0.0110. The van der Waals surface area contributed by atoms with Crippen LogP contribution in [-0.2, 0) is 4.79 Å². The molecule has 2 aromatic carbocycles. The summed E-state index contributed by atoms with van der Waals surface area (Å²) < 4.78 is 19.0. The predicted octanol–water partition coefficient (Wildman–Crippen LogP) is 4.50. The molecule has 3 aliphatic rings. The van der Waals surface area contributed by atoms with E-state index in [9.17, 15) is 14.0 Å². The van der Waals surface area contributed by atoms with Crippen molar-refractivity contribution < 1.29 is 18.7 Å². The second-order valence-electron chi connectivity index (χ2n) is 8.77. The third kappa shape index (κ3) is 4.54. The van der Waals surface area contributed by atoms with Crippen molar-refractivity contribution in [3.63, 3.8) is 0 Å². The Morgan fingerprint density at radius 2 is 1.81 bits per heavy atom. The monoisotopic (exact) mass is 444 g/mol. The van der Waals surface area contributed by atoms with Gasteiger partial charge in [0, 0.05) is 22.7 Å². The lowest BCUT2D eigenvalue weighted by Crippen LogP contribution is -2.67. The maximum absolute atomic E-state index is 13.5. The largest absolute Gasteiger partial charge is 0.484 e. The SMILES string of the molecule is C[C@H]1CC2(NC(=O)COc3ccc(Cl)c(F)c3)CCC1(NC(=O)c1ccccc1)CC2. The van der Waals surface area contributed by atoms with Gasteiger partial charge >= 0.3 is 0 Å². The number of fused-ring (bicyclic) bond motifs is 3. The van der Waals surface area contributed by atoms with Crippen LogP contribution in [0.25, 0.3) is 0 Å². The molecule has 2 amide bonds. The normalized spacial score (nSPS) is 26.9. The Morgan fingerprint density at radius 1 is 1.10 bits per heavy atom. The van der Waals surface area contributed by atoms with Crippen LogP contribution < -0.4 is 15.4 Å². The third-order valence-electron chi connectivity index (χ3n) is 6.80. The van der Waals surface area contributed by atoms with E-state index in [1.54, 1.807) is 0 Å². The molecule has 5 nitrogen and oxygen atoms in total. The highest BCUT2D eigenvalue weighted by Gasteiger charge is 2.54. The van der Waals surface area contributed by atoms with E-state index in [-0.39, 0.29) is 46.2 Å². The molecule has 0 spiro atoms. The summed E-state index contributed by atoms with van der Waals surface area (Å²) >= 11 is 5.67. The lowest BCUT2D eigenvalue weighted by atomic mass is 9.56. The molecule has 0 aliphatic heterocycles. The molecule has 3 fully saturated rings. The van der Waals surface area contributed by atoms with E-state index in [1.807, 2.05) is 30.3 Å². The van der Waals surface area contributed by atoms with Crippen LogP contribution in [0.3, 0.4) is 0 Å². The summed E-state index contributed by atoms with van der Waals surface area (Å²) in [6, 6.07) is 13.3. The molecule has 0 aromatic heterocycles. The summed E-state index contributed by atoms with van der Waals surface area (Å²) in [5.74, 6) is -0.368. The zero-order valence-corrected chi connectivity index (χ0v) is 18.2. The fourth-order valence-electron chi connectivity index (χ4n) is 5.01. The molecule has 31 heavy (non-hydrogen) atoms. The first-order chi connectivity index (χ1) is 14.8. The fourth-order valence-corrected chi connectivity index (χ4v) is 5.13. The van der Waals surface area contributed by atoms with Crippen molar-refractivity contribution in [1.82, 2.24) is 10.6 Å². The van der Waals surface area contributed by atoms with Gasteiger partial charge in [0.15, 0.2) is 6.61 Å². The number of ether oxygens (including phenoxy) is 1. The van der Waals surface area contributed by atoms with Crippen molar-refractivity contribution >= 4 is 23.4 Å². The van der Waals surface area contributed by atoms with Crippen LogP contribution in [0.4, 0.5) is 4.39 Å². The van der Waals surface area contributed by atoms with E-state index in [2.05, 4.69) is 17.6 Å². The first kappa shape index (κ1) is 21.6. The number of carbonyl (C=O) groups excluding carboxylic acids is 2. The Morgan fingerprint density at radius 3 is 2.45 bits per heavy atom. The number of hydrogen-bond acceptors (Lipinski definition) is 3. The Kier molecular flexibility index (Phi) is 5.93. The first-order valence-corrected chi connectivity index (χ1v) is 11.0. The Hall–Kier alpha value is -2.60. The van der Waals surface area contributed by atoms with E-state index in [0.717, 1.165) is 32.1 Å². The number of benzene rings is 2. The maximum atomic E-state index is 13.5. The molecule has 0 radical (unpaired) electrons. The van der Waals surface area contributed by atoms with Gasteiger partial charge in [0.2, 0.25) is 0 Å². The third-order valence-corrected chi connectivity index (χ3v) is 7.11.